The first-order valence-corrected chi connectivity index (χ1v) is 7.80. The van der Waals surface area contributed by atoms with Gasteiger partial charge in [-0.2, -0.15) is 5.10 Å². The van der Waals surface area contributed by atoms with Gasteiger partial charge in [-0.05, 0) is 36.4 Å². The average Bonchev–Trinajstić information content (AvgIpc) is 2.57. The number of aromatic nitrogens is 3. The first-order chi connectivity index (χ1) is 11.1. The number of fused-ring (bicyclic) bond motifs is 1. The summed E-state index contributed by atoms with van der Waals surface area (Å²) in [6.45, 7) is 0.109. The number of hydrogen-bond donors (Lipinski definition) is 1. The Bertz CT molecular complexity index is 864. The summed E-state index contributed by atoms with van der Waals surface area (Å²) in [7, 11) is 0. The number of aliphatic hydroxyl groups is 1. The van der Waals surface area contributed by atoms with Crippen LogP contribution in [0.5, 0.6) is 5.75 Å². The Morgan fingerprint density at radius 3 is 2.83 bits per heavy atom. The molecule has 0 aliphatic rings. The minimum atomic E-state index is -0.856. The molecule has 0 saturated heterocycles. The predicted molar refractivity (Wildman–Crippen MR) is 89.4 cm³/mol. The molecule has 2 aromatic heterocycles. The Morgan fingerprint density at radius 2 is 2.04 bits per heavy atom. The van der Waals surface area contributed by atoms with Crippen LogP contribution in [-0.4, -0.2) is 32.6 Å². The number of rotatable bonds is 5. The van der Waals surface area contributed by atoms with E-state index in [0.29, 0.717) is 16.7 Å². The van der Waals surface area contributed by atoms with Gasteiger partial charge in [-0.3, -0.25) is 9.78 Å². The molecule has 0 aliphatic carbocycles. The van der Waals surface area contributed by atoms with E-state index >= 15 is 0 Å². The summed E-state index contributed by atoms with van der Waals surface area (Å²) < 4.78 is 7.64. The Balaban J connectivity index is 1.68. The monoisotopic (exact) mass is 375 g/mol. The lowest BCUT2D eigenvalue weighted by Crippen LogP contribution is -2.32. The van der Waals surface area contributed by atoms with Crippen LogP contribution in [0, 0.1) is 0 Å². The van der Waals surface area contributed by atoms with Crippen LogP contribution >= 0.6 is 15.9 Å². The summed E-state index contributed by atoms with van der Waals surface area (Å²) in [6, 6.07) is 10.8. The van der Waals surface area contributed by atoms with E-state index < -0.39 is 6.10 Å². The molecule has 0 fully saturated rings. The average molecular weight is 376 g/mol. The molecule has 1 atom stereocenters. The van der Waals surface area contributed by atoms with Gasteiger partial charge in [0.15, 0.2) is 0 Å². The van der Waals surface area contributed by atoms with E-state index in [1.807, 2.05) is 12.1 Å². The van der Waals surface area contributed by atoms with Crippen molar-refractivity contribution in [2.75, 3.05) is 6.61 Å². The van der Waals surface area contributed by atoms with Crippen molar-refractivity contribution in [2.24, 2.45) is 0 Å². The van der Waals surface area contributed by atoms with Crippen LogP contribution in [0.3, 0.4) is 0 Å². The molecule has 0 spiro atoms. The maximum Gasteiger partial charge on any atom is 0.293 e. The lowest BCUT2D eigenvalue weighted by Gasteiger charge is -2.13. The van der Waals surface area contributed by atoms with E-state index in [-0.39, 0.29) is 18.7 Å². The minimum Gasteiger partial charge on any atom is -0.491 e. The SMILES string of the molecule is O=c1c2ncccc2cnn1CC(O)COc1ccc(Br)cc1. The van der Waals surface area contributed by atoms with Gasteiger partial charge in [0.25, 0.3) is 5.56 Å². The van der Waals surface area contributed by atoms with Gasteiger partial charge in [0, 0.05) is 16.1 Å². The molecular formula is C16H14BrN3O3. The Labute approximate surface area is 140 Å². The molecule has 23 heavy (non-hydrogen) atoms. The second-order valence-electron chi connectivity index (χ2n) is 4.99. The van der Waals surface area contributed by atoms with Crippen LogP contribution in [0.1, 0.15) is 0 Å². The first kappa shape index (κ1) is 15.6. The maximum atomic E-state index is 12.3. The Morgan fingerprint density at radius 1 is 1.26 bits per heavy atom. The fourth-order valence-corrected chi connectivity index (χ4v) is 2.38. The third kappa shape index (κ3) is 3.75. The molecule has 7 heteroatoms. The highest BCUT2D eigenvalue weighted by Crippen LogP contribution is 2.16. The minimum absolute atomic E-state index is 0.0435. The second kappa shape index (κ2) is 6.89. The summed E-state index contributed by atoms with van der Waals surface area (Å²) >= 11 is 3.34. The highest BCUT2D eigenvalue weighted by molar-refractivity contribution is 9.10. The molecule has 0 aliphatic heterocycles. The van der Waals surface area contributed by atoms with E-state index in [9.17, 15) is 9.90 Å². The summed E-state index contributed by atoms with van der Waals surface area (Å²) in [4.78, 5) is 16.3. The van der Waals surface area contributed by atoms with E-state index in [4.69, 9.17) is 4.74 Å². The third-order valence-corrected chi connectivity index (χ3v) is 3.78. The van der Waals surface area contributed by atoms with Crippen molar-refractivity contribution in [3.05, 3.63) is 63.6 Å². The molecule has 0 saturated carbocycles. The van der Waals surface area contributed by atoms with E-state index in [1.165, 1.54) is 4.68 Å². The van der Waals surface area contributed by atoms with Gasteiger partial charge in [0.05, 0.1) is 12.7 Å². The van der Waals surface area contributed by atoms with Gasteiger partial charge in [0.1, 0.15) is 24.0 Å². The zero-order valence-corrected chi connectivity index (χ0v) is 13.7. The van der Waals surface area contributed by atoms with Gasteiger partial charge in [-0.15, -0.1) is 0 Å². The standard InChI is InChI=1S/C16H14BrN3O3/c17-12-3-5-14(6-4-12)23-10-13(21)9-20-16(22)15-11(8-19-20)2-1-7-18-15/h1-8,13,21H,9-10H2. The highest BCUT2D eigenvalue weighted by Gasteiger charge is 2.11. The molecule has 2 heterocycles. The van der Waals surface area contributed by atoms with Crippen molar-refractivity contribution < 1.29 is 9.84 Å². The van der Waals surface area contributed by atoms with Gasteiger partial charge in [0.2, 0.25) is 0 Å². The van der Waals surface area contributed by atoms with E-state index in [1.54, 1.807) is 36.7 Å². The van der Waals surface area contributed by atoms with Gasteiger partial charge < -0.3 is 9.84 Å². The fourth-order valence-electron chi connectivity index (χ4n) is 2.11. The Kier molecular flexibility index (Phi) is 4.68. The number of benzene rings is 1. The molecule has 1 aromatic carbocycles. The largest absolute Gasteiger partial charge is 0.491 e. The molecule has 6 nitrogen and oxygen atoms in total. The summed E-state index contributed by atoms with van der Waals surface area (Å²) in [5, 5.41) is 14.8. The van der Waals surface area contributed by atoms with Gasteiger partial charge in [-0.25, -0.2) is 4.68 Å². The van der Waals surface area contributed by atoms with E-state index in [0.717, 1.165) is 4.47 Å². The zero-order valence-electron chi connectivity index (χ0n) is 12.1. The summed E-state index contributed by atoms with van der Waals surface area (Å²) in [6.07, 6.45) is 2.26. The molecule has 3 aromatic rings. The Hall–Kier alpha value is -2.25. The quantitative estimate of drug-likeness (QED) is 0.737. The maximum absolute atomic E-state index is 12.3. The van der Waals surface area contributed by atoms with Crippen molar-refractivity contribution in [1.82, 2.24) is 14.8 Å². The molecule has 0 bridgehead atoms. The first-order valence-electron chi connectivity index (χ1n) is 7.01. The number of aliphatic hydroxyl groups excluding tert-OH is 1. The molecule has 1 N–H and O–H groups in total. The van der Waals surface area contributed by atoms with Gasteiger partial charge >= 0.3 is 0 Å². The third-order valence-electron chi connectivity index (χ3n) is 3.25. The predicted octanol–water partition coefficient (Wildman–Crippen LogP) is 1.99. The van der Waals surface area contributed by atoms with Crippen LogP contribution in [0.2, 0.25) is 0 Å². The molecule has 0 radical (unpaired) electrons. The van der Waals surface area contributed by atoms with Crippen molar-refractivity contribution in [3.63, 3.8) is 0 Å². The lowest BCUT2D eigenvalue weighted by molar-refractivity contribution is 0.0881. The zero-order chi connectivity index (χ0) is 16.2. The number of hydrogen-bond acceptors (Lipinski definition) is 5. The normalized spacial score (nSPS) is 12.3. The molecule has 118 valence electrons. The van der Waals surface area contributed by atoms with Crippen molar-refractivity contribution >= 4 is 26.8 Å². The smallest absolute Gasteiger partial charge is 0.293 e. The molecule has 0 amide bonds. The van der Waals surface area contributed by atoms with Crippen LogP contribution in [-0.2, 0) is 6.54 Å². The number of ether oxygens (including phenoxy) is 1. The van der Waals surface area contributed by atoms with Crippen molar-refractivity contribution in [3.8, 4) is 5.75 Å². The topological polar surface area (TPSA) is 77.2 Å². The molecular weight excluding hydrogens is 362 g/mol. The van der Waals surface area contributed by atoms with Crippen LogP contribution in [0.4, 0.5) is 0 Å². The van der Waals surface area contributed by atoms with Crippen LogP contribution < -0.4 is 10.3 Å². The van der Waals surface area contributed by atoms with Gasteiger partial charge in [-0.1, -0.05) is 15.9 Å². The molecule has 3 rings (SSSR count). The number of nitrogens with zero attached hydrogens (tertiary/aromatic N) is 3. The summed E-state index contributed by atoms with van der Waals surface area (Å²) in [5.74, 6) is 0.646. The molecule has 1 unspecified atom stereocenters. The fraction of sp³-hybridized carbons (Fsp3) is 0.188. The second-order valence-corrected chi connectivity index (χ2v) is 5.91. The number of halogens is 1. The van der Waals surface area contributed by atoms with Crippen molar-refractivity contribution in [2.45, 2.75) is 12.6 Å². The lowest BCUT2D eigenvalue weighted by atomic mass is 10.3. The van der Waals surface area contributed by atoms with Crippen LogP contribution in [0.15, 0.2) is 58.1 Å². The van der Waals surface area contributed by atoms with Crippen molar-refractivity contribution in [1.29, 1.82) is 0 Å². The summed E-state index contributed by atoms with van der Waals surface area (Å²) in [5.41, 5.74) is 0.00863. The van der Waals surface area contributed by atoms with E-state index in [2.05, 4.69) is 26.0 Å². The number of pyridine rings is 1. The van der Waals surface area contributed by atoms with Crippen LogP contribution in [0.25, 0.3) is 10.9 Å². The highest BCUT2D eigenvalue weighted by atomic mass is 79.9.